The van der Waals surface area contributed by atoms with Crippen molar-refractivity contribution in [3.63, 3.8) is 0 Å². The molecule has 23 heavy (non-hydrogen) atoms. The van der Waals surface area contributed by atoms with Gasteiger partial charge in [0.25, 0.3) is 5.91 Å². The van der Waals surface area contributed by atoms with E-state index in [1.165, 1.54) is 6.42 Å². The van der Waals surface area contributed by atoms with Gasteiger partial charge in [0.15, 0.2) is 0 Å². The first-order valence-corrected chi connectivity index (χ1v) is 8.55. The third kappa shape index (κ3) is 5.67. The minimum Gasteiger partial charge on any atom is -0.356 e. The van der Waals surface area contributed by atoms with Crippen LogP contribution in [0.1, 0.15) is 54.4 Å². The highest BCUT2D eigenvalue weighted by atomic mass is 16.2. The van der Waals surface area contributed by atoms with E-state index in [0.29, 0.717) is 25.2 Å². The van der Waals surface area contributed by atoms with Gasteiger partial charge in [-0.3, -0.25) is 9.59 Å². The van der Waals surface area contributed by atoms with Crippen LogP contribution in [-0.2, 0) is 11.3 Å². The van der Waals surface area contributed by atoms with Crippen molar-refractivity contribution in [2.45, 2.75) is 45.1 Å². The van der Waals surface area contributed by atoms with E-state index in [1.807, 2.05) is 12.1 Å². The van der Waals surface area contributed by atoms with Crippen molar-refractivity contribution in [3.8, 4) is 0 Å². The van der Waals surface area contributed by atoms with Crippen molar-refractivity contribution >= 4 is 11.8 Å². The van der Waals surface area contributed by atoms with Crippen LogP contribution in [0.15, 0.2) is 24.3 Å². The summed E-state index contributed by atoms with van der Waals surface area (Å²) in [6, 6.07) is 7.28. The van der Waals surface area contributed by atoms with Crippen molar-refractivity contribution in [2.24, 2.45) is 11.7 Å². The SMILES string of the molecule is NCc1ccc(C(=O)NCCCNC(=O)C2CCCCC2)cc1. The molecule has 2 amide bonds. The van der Waals surface area contributed by atoms with Crippen LogP contribution in [-0.4, -0.2) is 24.9 Å². The molecule has 0 unspecified atom stereocenters. The molecule has 0 bridgehead atoms. The van der Waals surface area contributed by atoms with Crippen molar-refractivity contribution in [1.29, 1.82) is 0 Å². The van der Waals surface area contributed by atoms with Crippen LogP contribution in [0.5, 0.6) is 0 Å². The normalized spacial score (nSPS) is 15.2. The van der Waals surface area contributed by atoms with Gasteiger partial charge in [0, 0.05) is 31.1 Å². The van der Waals surface area contributed by atoms with E-state index in [4.69, 9.17) is 5.73 Å². The van der Waals surface area contributed by atoms with E-state index in [2.05, 4.69) is 10.6 Å². The summed E-state index contributed by atoms with van der Waals surface area (Å²) in [7, 11) is 0. The lowest BCUT2D eigenvalue weighted by molar-refractivity contribution is -0.125. The Kier molecular flexibility index (Phi) is 7.07. The average Bonchev–Trinajstić information content (AvgIpc) is 2.62. The Hall–Kier alpha value is -1.88. The van der Waals surface area contributed by atoms with Gasteiger partial charge in [-0.2, -0.15) is 0 Å². The predicted molar refractivity (Wildman–Crippen MR) is 90.9 cm³/mol. The largest absolute Gasteiger partial charge is 0.356 e. The molecule has 1 aromatic carbocycles. The lowest BCUT2D eigenvalue weighted by Gasteiger charge is -2.20. The number of benzene rings is 1. The quantitative estimate of drug-likeness (QED) is 0.672. The second kappa shape index (κ2) is 9.30. The maximum absolute atomic E-state index is 12.0. The number of carbonyl (C=O) groups excluding carboxylic acids is 2. The molecule has 1 fully saturated rings. The molecule has 0 heterocycles. The molecule has 1 saturated carbocycles. The zero-order valence-electron chi connectivity index (χ0n) is 13.6. The fraction of sp³-hybridized carbons (Fsp3) is 0.556. The Labute approximate surface area is 138 Å². The summed E-state index contributed by atoms with van der Waals surface area (Å²) in [5, 5.41) is 5.85. The van der Waals surface area contributed by atoms with Crippen LogP contribution in [0.25, 0.3) is 0 Å². The summed E-state index contributed by atoms with van der Waals surface area (Å²) in [4.78, 5) is 23.9. The number of hydrogen-bond donors (Lipinski definition) is 3. The number of carbonyl (C=O) groups is 2. The van der Waals surface area contributed by atoms with Crippen LogP contribution in [0.2, 0.25) is 0 Å². The molecule has 5 nitrogen and oxygen atoms in total. The van der Waals surface area contributed by atoms with Gasteiger partial charge in [0.05, 0.1) is 0 Å². The summed E-state index contributed by atoms with van der Waals surface area (Å²) in [5.74, 6) is 0.278. The molecule has 0 aromatic heterocycles. The second-order valence-corrected chi connectivity index (χ2v) is 6.14. The topological polar surface area (TPSA) is 84.2 Å². The van der Waals surface area contributed by atoms with Gasteiger partial charge in [0.1, 0.15) is 0 Å². The van der Waals surface area contributed by atoms with Gasteiger partial charge in [0.2, 0.25) is 5.91 Å². The van der Waals surface area contributed by atoms with Gasteiger partial charge >= 0.3 is 0 Å². The van der Waals surface area contributed by atoms with E-state index in [9.17, 15) is 9.59 Å². The Balaban J connectivity index is 1.60. The smallest absolute Gasteiger partial charge is 0.251 e. The number of nitrogens with one attached hydrogen (secondary N) is 2. The Bertz CT molecular complexity index is 508. The summed E-state index contributed by atoms with van der Waals surface area (Å²) >= 11 is 0. The van der Waals surface area contributed by atoms with Gasteiger partial charge in [-0.05, 0) is 37.0 Å². The van der Waals surface area contributed by atoms with Crippen LogP contribution in [0.4, 0.5) is 0 Å². The van der Waals surface area contributed by atoms with Crippen molar-refractivity contribution in [3.05, 3.63) is 35.4 Å². The molecule has 0 aliphatic heterocycles. The lowest BCUT2D eigenvalue weighted by atomic mass is 9.89. The molecule has 5 heteroatoms. The molecule has 0 saturated heterocycles. The van der Waals surface area contributed by atoms with Gasteiger partial charge in [-0.15, -0.1) is 0 Å². The zero-order valence-corrected chi connectivity index (χ0v) is 13.6. The maximum Gasteiger partial charge on any atom is 0.251 e. The number of nitrogens with two attached hydrogens (primary N) is 1. The molecular weight excluding hydrogens is 290 g/mol. The summed E-state index contributed by atoms with van der Waals surface area (Å²) < 4.78 is 0. The highest BCUT2D eigenvalue weighted by molar-refractivity contribution is 5.94. The van der Waals surface area contributed by atoms with Gasteiger partial charge in [-0.25, -0.2) is 0 Å². The van der Waals surface area contributed by atoms with E-state index < -0.39 is 0 Å². The number of amides is 2. The first-order chi connectivity index (χ1) is 11.2. The molecule has 1 aliphatic rings. The van der Waals surface area contributed by atoms with Crippen molar-refractivity contribution < 1.29 is 9.59 Å². The van der Waals surface area contributed by atoms with Gasteiger partial charge < -0.3 is 16.4 Å². The number of hydrogen-bond acceptors (Lipinski definition) is 3. The minimum absolute atomic E-state index is 0.0906. The lowest BCUT2D eigenvalue weighted by Crippen LogP contribution is -2.34. The highest BCUT2D eigenvalue weighted by Crippen LogP contribution is 2.23. The first kappa shape index (κ1) is 17.5. The maximum atomic E-state index is 12.0. The third-order valence-electron chi connectivity index (χ3n) is 4.37. The molecule has 0 atom stereocenters. The van der Waals surface area contributed by atoms with E-state index >= 15 is 0 Å². The summed E-state index contributed by atoms with van der Waals surface area (Å²) in [6.07, 6.45) is 6.35. The Morgan fingerprint density at radius 2 is 1.65 bits per heavy atom. The van der Waals surface area contributed by atoms with Crippen LogP contribution < -0.4 is 16.4 Å². The van der Waals surface area contributed by atoms with E-state index in [0.717, 1.165) is 37.7 Å². The summed E-state index contributed by atoms with van der Waals surface area (Å²) in [5.41, 5.74) is 7.17. The fourth-order valence-corrected chi connectivity index (χ4v) is 2.91. The Morgan fingerprint density at radius 3 is 2.30 bits per heavy atom. The monoisotopic (exact) mass is 317 g/mol. The van der Waals surface area contributed by atoms with Crippen molar-refractivity contribution in [1.82, 2.24) is 10.6 Å². The average molecular weight is 317 g/mol. The molecule has 4 N–H and O–H groups in total. The first-order valence-electron chi connectivity index (χ1n) is 8.55. The fourth-order valence-electron chi connectivity index (χ4n) is 2.91. The Morgan fingerprint density at radius 1 is 1.00 bits per heavy atom. The van der Waals surface area contributed by atoms with Crippen LogP contribution >= 0.6 is 0 Å². The second-order valence-electron chi connectivity index (χ2n) is 6.14. The zero-order chi connectivity index (χ0) is 16.5. The standard InChI is InChI=1S/C18H27N3O2/c19-13-14-7-9-16(10-8-14)18(23)21-12-4-11-20-17(22)15-5-2-1-3-6-15/h7-10,15H,1-6,11-13,19H2,(H,20,22)(H,21,23). The highest BCUT2D eigenvalue weighted by Gasteiger charge is 2.20. The van der Waals surface area contributed by atoms with Gasteiger partial charge in [-0.1, -0.05) is 31.4 Å². The summed E-state index contributed by atoms with van der Waals surface area (Å²) in [6.45, 7) is 1.65. The minimum atomic E-state index is -0.0906. The number of rotatable bonds is 7. The van der Waals surface area contributed by atoms with E-state index in [1.54, 1.807) is 12.1 Å². The molecule has 126 valence electrons. The predicted octanol–water partition coefficient (Wildman–Crippen LogP) is 1.96. The third-order valence-corrected chi connectivity index (χ3v) is 4.37. The van der Waals surface area contributed by atoms with Crippen molar-refractivity contribution in [2.75, 3.05) is 13.1 Å². The molecule has 0 radical (unpaired) electrons. The molecule has 0 spiro atoms. The molecule has 1 aliphatic carbocycles. The van der Waals surface area contributed by atoms with Crippen LogP contribution in [0, 0.1) is 5.92 Å². The molecule has 2 rings (SSSR count). The van der Waals surface area contributed by atoms with E-state index in [-0.39, 0.29) is 17.7 Å². The molecular formula is C18H27N3O2. The molecule has 1 aromatic rings. The van der Waals surface area contributed by atoms with Crippen LogP contribution in [0.3, 0.4) is 0 Å².